The van der Waals surface area contributed by atoms with Gasteiger partial charge in [-0.25, -0.2) is 4.98 Å². The van der Waals surface area contributed by atoms with Crippen LogP contribution in [0.5, 0.6) is 0 Å². The number of amides is 2. The highest BCUT2D eigenvalue weighted by atomic mass is 32.1. The van der Waals surface area contributed by atoms with Crippen LogP contribution >= 0.6 is 11.3 Å². The monoisotopic (exact) mass is 469 g/mol. The van der Waals surface area contributed by atoms with Crippen LogP contribution in [0, 0.1) is 12.8 Å². The molecule has 3 aliphatic rings. The first-order valence-corrected chi connectivity index (χ1v) is 12.6. The van der Waals surface area contributed by atoms with Crippen molar-refractivity contribution in [3.63, 3.8) is 0 Å². The molecule has 1 aliphatic carbocycles. The SMILES string of the molecule is CC(=O)Nc1nc(C)c(-c2cc3c(c(C(C)C4CNCCO4)n2)C(=O)N(C(C)C2CC2)C3)s1. The smallest absolute Gasteiger partial charge is 0.256 e. The maximum atomic E-state index is 13.6. The van der Waals surface area contributed by atoms with Crippen LogP contribution < -0.4 is 10.6 Å². The Morgan fingerprint density at radius 3 is 2.79 bits per heavy atom. The number of anilines is 1. The van der Waals surface area contributed by atoms with E-state index in [9.17, 15) is 9.59 Å². The fraction of sp³-hybridized carbons (Fsp3) is 0.583. The van der Waals surface area contributed by atoms with Crippen molar-refractivity contribution in [3.8, 4) is 10.6 Å². The number of morpholine rings is 1. The second-order valence-corrected chi connectivity index (χ2v) is 10.5. The Bertz CT molecular complexity index is 1090. The molecule has 1 saturated carbocycles. The maximum absolute atomic E-state index is 13.6. The number of hydrogen-bond acceptors (Lipinski definition) is 7. The van der Waals surface area contributed by atoms with Crippen molar-refractivity contribution in [2.75, 3.05) is 25.0 Å². The molecule has 5 rings (SSSR count). The third-order valence-electron chi connectivity index (χ3n) is 7.00. The van der Waals surface area contributed by atoms with Crippen LogP contribution in [-0.2, 0) is 16.1 Å². The molecule has 2 aromatic heterocycles. The van der Waals surface area contributed by atoms with Gasteiger partial charge < -0.3 is 20.3 Å². The van der Waals surface area contributed by atoms with Crippen molar-refractivity contribution in [1.29, 1.82) is 0 Å². The van der Waals surface area contributed by atoms with E-state index in [-0.39, 0.29) is 29.9 Å². The molecule has 0 bridgehead atoms. The van der Waals surface area contributed by atoms with Crippen molar-refractivity contribution in [3.05, 3.63) is 28.6 Å². The third-order valence-corrected chi connectivity index (χ3v) is 8.09. The van der Waals surface area contributed by atoms with E-state index in [0.29, 0.717) is 24.2 Å². The van der Waals surface area contributed by atoms with Crippen LogP contribution in [0.15, 0.2) is 6.07 Å². The van der Waals surface area contributed by atoms with Crippen LogP contribution in [0.4, 0.5) is 5.13 Å². The molecule has 176 valence electrons. The number of aryl methyl sites for hydroxylation is 1. The Hall–Kier alpha value is -2.36. The highest BCUT2D eigenvalue weighted by Crippen LogP contribution is 2.42. The number of carbonyl (C=O) groups excluding carboxylic acids is 2. The summed E-state index contributed by atoms with van der Waals surface area (Å²) in [6.45, 7) is 10.5. The largest absolute Gasteiger partial charge is 0.375 e. The molecule has 2 amide bonds. The summed E-state index contributed by atoms with van der Waals surface area (Å²) in [4.78, 5) is 37.6. The van der Waals surface area contributed by atoms with Crippen molar-refractivity contribution in [2.45, 2.75) is 65.1 Å². The van der Waals surface area contributed by atoms with Crippen molar-refractivity contribution < 1.29 is 14.3 Å². The van der Waals surface area contributed by atoms with E-state index in [2.05, 4.69) is 29.5 Å². The quantitative estimate of drug-likeness (QED) is 0.674. The van der Waals surface area contributed by atoms with Crippen LogP contribution in [0.25, 0.3) is 10.6 Å². The first-order valence-electron chi connectivity index (χ1n) is 11.8. The van der Waals surface area contributed by atoms with Crippen molar-refractivity contribution in [2.24, 2.45) is 5.92 Å². The molecule has 2 aromatic rings. The highest BCUT2D eigenvalue weighted by molar-refractivity contribution is 7.19. The Morgan fingerprint density at radius 2 is 2.12 bits per heavy atom. The summed E-state index contributed by atoms with van der Waals surface area (Å²) in [6, 6.07) is 2.28. The zero-order chi connectivity index (χ0) is 23.3. The number of ether oxygens (including phenoxy) is 1. The first kappa shape index (κ1) is 22.4. The van der Waals surface area contributed by atoms with Gasteiger partial charge in [0.25, 0.3) is 5.91 Å². The summed E-state index contributed by atoms with van der Waals surface area (Å²) >= 11 is 1.42. The molecule has 3 unspecified atom stereocenters. The van der Waals surface area contributed by atoms with E-state index in [1.54, 1.807) is 0 Å². The van der Waals surface area contributed by atoms with Gasteiger partial charge in [-0.2, -0.15) is 0 Å². The number of fused-ring (bicyclic) bond motifs is 1. The molecular weight excluding hydrogens is 438 g/mol. The molecule has 3 atom stereocenters. The van der Waals surface area contributed by atoms with Crippen LogP contribution in [-0.4, -0.2) is 58.5 Å². The van der Waals surface area contributed by atoms with Crippen LogP contribution in [0.2, 0.25) is 0 Å². The lowest BCUT2D eigenvalue weighted by molar-refractivity contribution is -0.114. The molecule has 9 heteroatoms. The van der Waals surface area contributed by atoms with Gasteiger partial charge in [-0.1, -0.05) is 18.3 Å². The molecule has 8 nitrogen and oxygen atoms in total. The second-order valence-electron chi connectivity index (χ2n) is 9.45. The minimum absolute atomic E-state index is 0.0327. The zero-order valence-electron chi connectivity index (χ0n) is 19.6. The lowest BCUT2D eigenvalue weighted by Crippen LogP contribution is -2.42. The fourth-order valence-electron chi connectivity index (χ4n) is 4.92. The molecule has 2 aliphatic heterocycles. The Labute approximate surface area is 198 Å². The van der Waals surface area contributed by atoms with E-state index in [4.69, 9.17) is 9.72 Å². The predicted molar refractivity (Wildman–Crippen MR) is 127 cm³/mol. The van der Waals surface area contributed by atoms with Gasteiger partial charge in [0.1, 0.15) is 0 Å². The van der Waals surface area contributed by atoms with Crippen molar-refractivity contribution in [1.82, 2.24) is 20.2 Å². The van der Waals surface area contributed by atoms with E-state index < -0.39 is 0 Å². The third kappa shape index (κ3) is 4.29. The number of aromatic nitrogens is 2. The average Bonchev–Trinajstić information content (AvgIpc) is 3.51. The molecule has 1 saturated heterocycles. The van der Waals surface area contributed by atoms with Gasteiger partial charge in [0, 0.05) is 38.5 Å². The Kier molecular flexibility index (Phi) is 5.96. The summed E-state index contributed by atoms with van der Waals surface area (Å²) in [5.41, 5.74) is 4.20. The molecule has 33 heavy (non-hydrogen) atoms. The van der Waals surface area contributed by atoms with Crippen LogP contribution in [0.3, 0.4) is 0 Å². The predicted octanol–water partition coefficient (Wildman–Crippen LogP) is 3.32. The molecular formula is C24H31N5O3S. The van der Waals surface area contributed by atoms with Gasteiger partial charge in [0.2, 0.25) is 5.91 Å². The summed E-state index contributed by atoms with van der Waals surface area (Å²) in [7, 11) is 0. The van der Waals surface area contributed by atoms with Gasteiger partial charge in [-0.15, -0.1) is 0 Å². The van der Waals surface area contributed by atoms with E-state index >= 15 is 0 Å². The van der Waals surface area contributed by atoms with Crippen LogP contribution in [0.1, 0.15) is 66.8 Å². The van der Waals surface area contributed by atoms with E-state index in [0.717, 1.165) is 46.2 Å². The minimum Gasteiger partial charge on any atom is -0.375 e. The average molecular weight is 470 g/mol. The fourth-order valence-corrected chi connectivity index (χ4v) is 5.89. The normalized spacial score (nSPS) is 22.2. The molecule has 0 spiro atoms. The zero-order valence-corrected chi connectivity index (χ0v) is 20.4. The number of thiazole rings is 1. The molecule has 2 N–H and O–H groups in total. The molecule has 2 fully saturated rings. The maximum Gasteiger partial charge on any atom is 0.256 e. The highest BCUT2D eigenvalue weighted by Gasteiger charge is 2.41. The second kappa shape index (κ2) is 8.77. The lowest BCUT2D eigenvalue weighted by atomic mass is 9.93. The molecule has 4 heterocycles. The summed E-state index contributed by atoms with van der Waals surface area (Å²) in [6.07, 6.45) is 2.36. The Balaban J connectivity index is 1.57. The van der Waals surface area contributed by atoms with Gasteiger partial charge in [0.05, 0.1) is 40.2 Å². The number of nitrogens with one attached hydrogen (secondary N) is 2. The summed E-state index contributed by atoms with van der Waals surface area (Å²) in [5.74, 6) is 0.513. The van der Waals surface area contributed by atoms with E-state index in [1.165, 1.54) is 31.1 Å². The van der Waals surface area contributed by atoms with Gasteiger partial charge >= 0.3 is 0 Å². The van der Waals surface area contributed by atoms with Gasteiger partial charge in [-0.3, -0.25) is 14.6 Å². The topological polar surface area (TPSA) is 96.5 Å². The van der Waals surface area contributed by atoms with E-state index in [1.807, 2.05) is 17.9 Å². The number of nitrogens with zero attached hydrogens (tertiary/aromatic N) is 3. The number of rotatable bonds is 6. The standard InChI is InChI=1S/C24H31N5O3S/c1-12(19-10-25-7-8-32-19)21-20-17(11-29(23(20)31)14(3)16-5-6-16)9-18(28-21)22-13(2)26-24(33-22)27-15(4)30/h9,12,14,16,19,25H,5-8,10-11H2,1-4H3,(H,26,27,30). The molecule has 0 aromatic carbocycles. The number of carbonyl (C=O) groups is 2. The van der Waals surface area contributed by atoms with Gasteiger partial charge in [0.15, 0.2) is 5.13 Å². The minimum atomic E-state index is -0.149. The number of pyridine rings is 1. The first-order chi connectivity index (χ1) is 15.8. The van der Waals surface area contributed by atoms with Gasteiger partial charge in [-0.05, 0) is 44.2 Å². The van der Waals surface area contributed by atoms with Crippen molar-refractivity contribution >= 4 is 28.3 Å². The number of hydrogen-bond donors (Lipinski definition) is 2. The summed E-state index contributed by atoms with van der Waals surface area (Å²) in [5, 5.41) is 6.73. The molecule has 0 radical (unpaired) electrons. The Morgan fingerprint density at radius 1 is 1.33 bits per heavy atom. The lowest BCUT2D eigenvalue weighted by Gasteiger charge is -2.29. The summed E-state index contributed by atoms with van der Waals surface area (Å²) < 4.78 is 6.04.